The molecule has 1 aromatic heterocycles. The first-order chi connectivity index (χ1) is 10.7. The summed E-state index contributed by atoms with van der Waals surface area (Å²) in [4.78, 5) is 12.5. The van der Waals surface area contributed by atoms with E-state index in [4.69, 9.17) is 9.15 Å². The predicted octanol–water partition coefficient (Wildman–Crippen LogP) is 2.75. The Morgan fingerprint density at radius 1 is 1.30 bits per heavy atom. The number of aliphatic hydroxyl groups is 1. The second-order valence-corrected chi connectivity index (χ2v) is 7.51. The molecule has 130 valence electrons. The quantitative estimate of drug-likeness (QED) is 0.844. The monoisotopic (exact) mass is 323 g/mol. The van der Waals surface area contributed by atoms with Crippen molar-refractivity contribution < 1.29 is 19.1 Å². The molecule has 0 saturated carbocycles. The van der Waals surface area contributed by atoms with Gasteiger partial charge in [0, 0.05) is 18.6 Å². The van der Waals surface area contributed by atoms with Gasteiger partial charge in [0.15, 0.2) is 0 Å². The zero-order valence-corrected chi connectivity index (χ0v) is 14.6. The van der Waals surface area contributed by atoms with Crippen molar-refractivity contribution in [2.24, 2.45) is 11.3 Å². The van der Waals surface area contributed by atoms with Crippen LogP contribution in [0.3, 0.4) is 0 Å². The molecule has 1 aliphatic heterocycles. The lowest BCUT2D eigenvalue weighted by Gasteiger charge is -2.32. The van der Waals surface area contributed by atoms with E-state index in [0.717, 1.165) is 38.2 Å². The molecule has 0 aromatic carbocycles. The average molecular weight is 323 g/mol. The number of hydrogen-bond donors (Lipinski definition) is 2. The molecule has 1 fully saturated rings. The molecule has 2 N–H and O–H groups in total. The molecule has 1 amide bonds. The van der Waals surface area contributed by atoms with E-state index < -0.39 is 11.0 Å². The number of amides is 1. The lowest BCUT2D eigenvalue weighted by molar-refractivity contribution is -0.132. The third kappa shape index (κ3) is 4.82. The summed E-state index contributed by atoms with van der Waals surface area (Å²) in [6.07, 6.45) is 2.87. The third-order valence-electron chi connectivity index (χ3n) is 4.62. The van der Waals surface area contributed by atoms with Gasteiger partial charge in [-0.15, -0.1) is 0 Å². The number of aryl methyl sites for hydroxylation is 1. The number of nitrogens with one attached hydrogen (secondary N) is 1. The Kier molecular flexibility index (Phi) is 5.53. The van der Waals surface area contributed by atoms with E-state index in [9.17, 15) is 9.90 Å². The van der Waals surface area contributed by atoms with Gasteiger partial charge in [-0.25, -0.2) is 0 Å². The highest BCUT2D eigenvalue weighted by molar-refractivity contribution is 5.81. The maximum atomic E-state index is 12.5. The van der Waals surface area contributed by atoms with E-state index in [2.05, 4.69) is 5.32 Å². The summed E-state index contributed by atoms with van der Waals surface area (Å²) in [6, 6.07) is 3.55. The van der Waals surface area contributed by atoms with Crippen LogP contribution in [0.1, 0.15) is 51.6 Å². The lowest BCUT2D eigenvalue weighted by Crippen LogP contribution is -2.44. The van der Waals surface area contributed by atoms with Gasteiger partial charge in [-0.2, -0.15) is 0 Å². The molecule has 1 atom stereocenters. The molecule has 1 unspecified atom stereocenters. The summed E-state index contributed by atoms with van der Waals surface area (Å²) in [5.41, 5.74) is -1.67. The largest absolute Gasteiger partial charge is 0.463 e. The minimum atomic E-state index is -1.21. The molecular formula is C18H29NO4. The zero-order chi connectivity index (χ0) is 17.1. The summed E-state index contributed by atoms with van der Waals surface area (Å²) >= 11 is 0. The molecule has 2 rings (SSSR count). The topological polar surface area (TPSA) is 71.7 Å². The molecule has 0 aliphatic carbocycles. The molecule has 23 heavy (non-hydrogen) atoms. The Bertz CT molecular complexity index is 527. The van der Waals surface area contributed by atoms with Crippen molar-refractivity contribution in [3.63, 3.8) is 0 Å². The standard InChI is InChI=1S/C18H29NO4/c1-13-5-6-15(23-13)18(4,21)12-19-16(20)17(2,3)11-14-7-9-22-10-8-14/h5-6,14,21H,7-12H2,1-4H3,(H,19,20). The molecule has 1 aliphatic rings. The SMILES string of the molecule is Cc1ccc(C(C)(O)CNC(=O)C(C)(C)CC2CCOCC2)o1. The van der Waals surface area contributed by atoms with Crippen LogP contribution in [-0.2, 0) is 15.1 Å². The highest BCUT2D eigenvalue weighted by Gasteiger charge is 2.34. The van der Waals surface area contributed by atoms with Gasteiger partial charge in [0.25, 0.3) is 0 Å². The van der Waals surface area contributed by atoms with Gasteiger partial charge in [0.1, 0.15) is 17.1 Å². The number of rotatable bonds is 6. The second-order valence-electron chi connectivity index (χ2n) is 7.51. The number of carbonyl (C=O) groups excluding carboxylic acids is 1. The van der Waals surface area contributed by atoms with Crippen LogP contribution >= 0.6 is 0 Å². The summed E-state index contributed by atoms with van der Waals surface area (Å²) in [6.45, 7) is 9.11. The molecule has 1 saturated heterocycles. The Morgan fingerprint density at radius 3 is 2.52 bits per heavy atom. The van der Waals surface area contributed by atoms with Crippen LogP contribution in [0.4, 0.5) is 0 Å². The molecule has 2 heterocycles. The van der Waals surface area contributed by atoms with Crippen LogP contribution in [0.15, 0.2) is 16.5 Å². The molecule has 0 bridgehead atoms. The van der Waals surface area contributed by atoms with E-state index in [-0.39, 0.29) is 12.5 Å². The fourth-order valence-electron chi connectivity index (χ4n) is 3.07. The summed E-state index contributed by atoms with van der Waals surface area (Å²) in [7, 11) is 0. The van der Waals surface area contributed by atoms with Crippen molar-refractivity contribution >= 4 is 5.91 Å². The maximum Gasteiger partial charge on any atom is 0.225 e. The number of carbonyl (C=O) groups is 1. The minimum absolute atomic E-state index is 0.0347. The van der Waals surface area contributed by atoms with E-state index >= 15 is 0 Å². The number of hydrogen-bond acceptors (Lipinski definition) is 4. The summed E-state index contributed by atoms with van der Waals surface area (Å²) < 4.78 is 10.8. The fourth-order valence-corrected chi connectivity index (χ4v) is 3.07. The number of ether oxygens (including phenoxy) is 1. The first-order valence-corrected chi connectivity index (χ1v) is 8.36. The van der Waals surface area contributed by atoms with Gasteiger partial charge in [-0.05, 0) is 51.2 Å². The van der Waals surface area contributed by atoms with Gasteiger partial charge >= 0.3 is 0 Å². The van der Waals surface area contributed by atoms with Crippen molar-refractivity contribution in [3.8, 4) is 0 Å². The minimum Gasteiger partial charge on any atom is -0.463 e. The van der Waals surface area contributed by atoms with E-state index in [1.54, 1.807) is 19.1 Å². The first-order valence-electron chi connectivity index (χ1n) is 8.36. The smallest absolute Gasteiger partial charge is 0.225 e. The van der Waals surface area contributed by atoms with Crippen LogP contribution in [-0.4, -0.2) is 30.8 Å². The Morgan fingerprint density at radius 2 is 1.96 bits per heavy atom. The van der Waals surface area contributed by atoms with E-state index in [0.29, 0.717) is 11.7 Å². The van der Waals surface area contributed by atoms with Gasteiger partial charge in [-0.1, -0.05) is 13.8 Å². The Balaban J connectivity index is 1.89. The van der Waals surface area contributed by atoms with Gasteiger partial charge in [0.05, 0.1) is 6.54 Å². The lowest BCUT2D eigenvalue weighted by atomic mass is 9.79. The van der Waals surface area contributed by atoms with E-state index in [1.807, 2.05) is 20.8 Å². The second kappa shape index (κ2) is 7.05. The third-order valence-corrected chi connectivity index (χ3v) is 4.62. The summed E-state index contributed by atoms with van der Waals surface area (Å²) in [5, 5.41) is 13.4. The van der Waals surface area contributed by atoms with Crippen LogP contribution in [0, 0.1) is 18.3 Å². The van der Waals surface area contributed by atoms with Gasteiger partial charge in [0.2, 0.25) is 5.91 Å². The normalized spacial score (nSPS) is 19.3. The van der Waals surface area contributed by atoms with Crippen LogP contribution < -0.4 is 5.32 Å². The Hall–Kier alpha value is -1.33. The Labute approximate surface area is 138 Å². The molecule has 0 spiro atoms. The molecule has 1 aromatic rings. The van der Waals surface area contributed by atoms with Crippen molar-refractivity contribution in [2.45, 2.75) is 52.6 Å². The van der Waals surface area contributed by atoms with E-state index in [1.165, 1.54) is 0 Å². The van der Waals surface area contributed by atoms with Crippen molar-refractivity contribution in [1.29, 1.82) is 0 Å². The molecule has 5 heteroatoms. The van der Waals surface area contributed by atoms with Crippen LogP contribution in [0.5, 0.6) is 0 Å². The molecular weight excluding hydrogens is 294 g/mol. The fraction of sp³-hybridized carbons (Fsp3) is 0.722. The highest BCUT2D eigenvalue weighted by Crippen LogP contribution is 2.31. The van der Waals surface area contributed by atoms with Crippen molar-refractivity contribution in [1.82, 2.24) is 5.32 Å². The van der Waals surface area contributed by atoms with Gasteiger partial charge < -0.3 is 19.6 Å². The molecule has 5 nitrogen and oxygen atoms in total. The van der Waals surface area contributed by atoms with Gasteiger partial charge in [-0.3, -0.25) is 4.79 Å². The average Bonchev–Trinajstić information content (AvgIpc) is 2.93. The van der Waals surface area contributed by atoms with Crippen LogP contribution in [0.25, 0.3) is 0 Å². The van der Waals surface area contributed by atoms with Crippen molar-refractivity contribution in [3.05, 3.63) is 23.7 Å². The maximum absolute atomic E-state index is 12.5. The summed E-state index contributed by atoms with van der Waals surface area (Å²) in [5.74, 6) is 1.70. The van der Waals surface area contributed by atoms with Crippen LogP contribution in [0.2, 0.25) is 0 Å². The predicted molar refractivity (Wildman–Crippen MR) is 88.0 cm³/mol. The number of furan rings is 1. The molecule has 0 radical (unpaired) electrons. The highest BCUT2D eigenvalue weighted by atomic mass is 16.5. The first kappa shape index (κ1) is 18.0. The van der Waals surface area contributed by atoms with Crippen molar-refractivity contribution in [2.75, 3.05) is 19.8 Å². The zero-order valence-electron chi connectivity index (χ0n) is 14.6.